The van der Waals surface area contributed by atoms with E-state index >= 15 is 0 Å². The number of amides is 1. The van der Waals surface area contributed by atoms with Gasteiger partial charge in [0.1, 0.15) is 0 Å². The van der Waals surface area contributed by atoms with Gasteiger partial charge in [-0.15, -0.1) is 0 Å². The van der Waals surface area contributed by atoms with Gasteiger partial charge in [-0.05, 0) is 48.4 Å². The van der Waals surface area contributed by atoms with E-state index in [9.17, 15) is 14.7 Å². The van der Waals surface area contributed by atoms with Crippen molar-refractivity contribution in [3.63, 3.8) is 0 Å². The van der Waals surface area contributed by atoms with Crippen molar-refractivity contribution in [3.05, 3.63) is 53.1 Å². The van der Waals surface area contributed by atoms with Crippen LogP contribution in [-0.4, -0.2) is 31.2 Å². The molecular weight excluding hydrogens is 346 g/mol. The molecule has 0 spiro atoms. The van der Waals surface area contributed by atoms with Crippen LogP contribution in [0.3, 0.4) is 0 Å². The van der Waals surface area contributed by atoms with Crippen LogP contribution in [0.25, 0.3) is 0 Å². The predicted molar refractivity (Wildman–Crippen MR) is 102 cm³/mol. The minimum atomic E-state index is -1.10. The maximum atomic E-state index is 12.6. The lowest BCUT2D eigenvalue weighted by Gasteiger charge is -2.24. The molecule has 3 rings (SSSR count). The number of fused-ring (bicyclic) bond motifs is 1. The summed E-state index contributed by atoms with van der Waals surface area (Å²) in [5, 5.41) is 12.1. The summed E-state index contributed by atoms with van der Waals surface area (Å²) in [6.45, 7) is 0. The first-order valence-corrected chi connectivity index (χ1v) is 8.87. The topological polar surface area (TPSA) is 84.9 Å². The van der Waals surface area contributed by atoms with Crippen LogP contribution in [-0.2, 0) is 17.6 Å². The summed E-state index contributed by atoms with van der Waals surface area (Å²) in [4.78, 5) is 23.9. The van der Waals surface area contributed by atoms with E-state index in [0.717, 1.165) is 19.3 Å². The van der Waals surface area contributed by atoms with Gasteiger partial charge in [0.05, 0.1) is 25.5 Å². The number of benzene rings is 2. The lowest BCUT2D eigenvalue weighted by Crippen LogP contribution is -2.22. The Kier molecular flexibility index (Phi) is 5.64. The maximum absolute atomic E-state index is 12.6. The maximum Gasteiger partial charge on any atom is 0.335 e. The molecule has 0 fully saturated rings. The SMILES string of the molecule is COc1cc(C(=O)O)cc(NC(=O)CC2CCc3ccccc3C2)c1OC. The molecule has 1 amide bonds. The Labute approximate surface area is 158 Å². The van der Waals surface area contributed by atoms with Gasteiger partial charge in [-0.2, -0.15) is 0 Å². The molecule has 1 atom stereocenters. The average Bonchev–Trinajstić information content (AvgIpc) is 2.67. The highest BCUT2D eigenvalue weighted by Gasteiger charge is 2.22. The van der Waals surface area contributed by atoms with Gasteiger partial charge in [0.15, 0.2) is 11.5 Å². The lowest BCUT2D eigenvalue weighted by molar-refractivity contribution is -0.117. The van der Waals surface area contributed by atoms with Crippen molar-refractivity contribution in [3.8, 4) is 11.5 Å². The van der Waals surface area contributed by atoms with Gasteiger partial charge in [0.25, 0.3) is 0 Å². The highest BCUT2D eigenvalue weighted by Crippen LogP contribution is 2.37. The zero-order valence-electron chi connectivity index (χ0n) is 15.5. The number of hydrogen-bond acceptors (Lipinski definition) is 4. The number of ether oxygens (including phenoxy) is 2. The van der Waals surface area contributed by atoms with Gasteiger partial charge in [0.2, 0.25) is 5.91 Å². The molecule has 1 aliphatic rings. The Balaban J connectivity index is 1.74. The zero-order chi connectivity index (χ0) is 19.4. The van der Waals surface area contributed by atoms with Gasteiger partial charge < -0.3 is 19.9 Å². The number of carbonyl (C=O) groups excluding carboxylic acids is 1. The second-order valence-electron chi connectivity index (χ2n) is 6.69. The highest BCUT2D eigenvalue weighted by atomic mass is 16.5. The second kappa shape index (κ2) is 8.12. The van der Waals surface area contributed by atoms with Crippen molar-refractivity contribution < 1.29 is 24.2 Å². The summed E-state index contributed by atoms with van der Waals surface area (Å²) in [5.41, 5.74) is 2.98. The lowest BCUT2D eigenvalue weighted by atomic mass is 9.82. The normalized spacial score (nSPS) is 15.6. The third-order valence-corrected chi connectivity index (χ3v) is 4.92. The molecule has 0 saturated carbocycles. The molecule has 6 heteroatoms. The minimum Gasteiger partial charge on any atom is -0.493 e. The number of rotatable bonds is 6. The number of nitrogens with one attached hydrogen (secondary N) is 1. The van der Waals surface area contributed by atoms with Gasteiger partial charge in [0, 0.05) is 6.42 Å². The fourth-order valence-electron chi connectivity index (χ4n) is 3.59. The number of carboxylic acid groups (broad SMARTS) is 1. The number of methoxy groups -OCH3 is 2. The van der Waals surface area contributed by atoms with Crippen LogP contribution in [0.2, 0.25) is 0 Å². The zero-order valence-corrected chi connectivity index (χ0v) is 15.5. The summed E-state index contributed by atoms with van der Waals surface area (Å²) >= 11 is 0. The largest absolute Gasteiger partial charge is 0.493 e. The molecule has 27 heavy (non-hydrogen) atoms. The number of aromatic carboxylic acids is 1. The van der Waals surface area contributed by atoms with Crippen LogP contribution in [0.1, 0.15) is 34.3 Å². The van der Waals surface area contributed by atoms with E-state index in [-0.39, 0.29) is 23.1 Å². The molecule has 0 bridgehead atoms. The first kappa shape index (κ1) is 18.8. The van der Waals surface area contributed by atoms with Crippen molar-refractivity contribution >= 4 is 17.6 Å². The second-order valence-corrected chi connectivity index (χ2v) is 6.69. The first-order valence-electron chi connectivity index (χ1n) is 8.87. The highest BCUT2D eigenvalue weighted by molar-refractivity contribution is 5.96. The van der Waals surface area contributed by atoms with E-state index in [0.29, 0.717) is 17.9 Å². The van der Waals surface area contributed by atoms with E-state index in [1.54, 1.807) is 0 Å². The summed E-state index contributed by atoms with van der Waals surface area (Å²) < 4.78 is 10.5. The number of carbonyl (C=O) groups is 2. The van der Waals surface area contributed by atoms with Crippen molar-refractivity contribution in [2.75, 3.05) is 19.5 Å². The molecule has 2 aromatic rings. The Bertz CT molecular complexity index is 862. The molecular formula is C21H23NO5. The summed E-state index contributed by atoms with van der Waals surface area (Å²) in [5.74, 6) is -0.433. The quantitative estimate of drug-likeness (QED) is 0.814. The smallest absolute Gasteiger partial charge is 0.335 e. The van der Waals surface area contributed by atoms with E-state index < -0.39 is 5.97 Å². The van der Waals surface area contributed by atoms with Crippen molar-refractivity contribution in [1.29, 1.82) is 0 Å². The van der Waals surface area contributed by atoms with Crippen molar-refractivity contribution in [2.24, 2.45) is 5.92 Å². The van der Waals surface area contributed by atoms with Gasteiger partial charge in [-0.1, -0.05) is 24.3 Å². The standard InChI is InChI=1S/C21H23NO5/c1-26-18-12-16(21(24)25)11-17(20(18)27-2)22-19(23)10-13-7-8-14-5-3-4-6-15(14)9-13/h3-6,11-13H,7-10H2,1-2H3,(H,22,23)(H,24,25). The minimum absolute atomic E-state index is 0.0227. The molecule has 1 aliphatic carbocycles. The monoisotopic (exact) mass is 369 g/mol. The van der Waals surface area contributed by atoms with E-state index in [2.05, 4.69) is 17.4 Å². The van der Waals surface area contributed by atoms with Crippen LogP contribution in [0.15, 0.2) is 36.4 Å². The van der Waals surface area contributed by atoms with Crippen LogP contribution in [0.4, 0.5) is 5.69 Å². The molecule has 0 aromatic heterocycles. The van der Waals surface area contributed by atoms with Crippen molar-refractivity contribution in [2.45, 2.75) is 25.7 Å². The summed E-state index contributed by atoms with van der Waals surface area (Å²) in [6, 6.07) is 11.1. The van der Waals surface area contributed by atoms with E-state index in [4.69, 9.17) is 9.47 Å². The van der Waals surface area contributed by atoms with Crippen LogP contribution in [0, 0.1) is 5.92 Å². The molecule has 0 saturated heterocycles. The molecule has 0 heterocycles. The summed E-state index contributed by atoms with van der Waals surface area (Å²) in [7, 11) is 2.88. The Morgan fingerprint density at radius 3 is 2.56 bits per heavy atom. The third kappa shape index (κ3) is 4.22. The van der Waals surface area contributed by atoms with Crippen molar-refractivity contribution in [1.82, 2.24) is 0 Å². The summed E-state index contributed by atoms with van der Waals surface area (Å²) in [6.07, 6.45) is 3.18. The Morgan fingerprint density at radius 1 is 1.15 bits per heavy atom. The van der Waals surface area contributed by atoms with Gasteiger partial charge >= 0.3 is 5.97 Å². The third-order valence-electron chi connectivity index (χ3n) is 4.92. The number of anilines is 1. The fourth-order valence-corrected chi connectivity index (χ4v) is 3.59. The molecule has 2 aromatic carbocycles. The van der Waals surface area contributed by atoms with Gasteiger partial charge in [-0.25, -0.2) is 4.79 Å². The number of carboxylic acids is 1. The predicted octanol–water partition coefficient (Wildman–Crippen LogP) is 3.54. The molecule has 0 aliphatic heterocycles. The molecule has 1 unspecified atom stereocenters. The van der Waals surface area contributed by atoms with E-state index in [1.165, 1.54) is 37.5 Å². The molecule has 0 radical (unpaired) electrons. The molecule has 142 valence electrons. The first-order chi connectivity index (χ1) is 13.0. The Hall–Kier alpha value is -3.02. The Morgan fingerprint density at radius 2 is 1.89 bits per heavy atom. The number of aryl methyl sites for hydroxylation is 1. The molecule has 6 nitrogen and oxygen atoms in total. The van der Waals surface area contributed by atoms with E-state index in [1.807, 2.05) is 12.1 Å². The average molecular weight is 369 g/mol. The van der Waals surface area contributed by atoms with Crippen LogP contribution in [0.5, 0.6) is 11.5 Å². The van der Waals surface area contributed by atoms with Gasteiger partial charge in [-0.3, -0.25) is 4.79 Å². The van der Waals surface area contributed by atoms with Crippen LogP contribution >= 0.6 is 0 Å². The fraction of sp³-hybridized carbons (Fsp3) is 0.333. The molecule has 2 N–H and O–H groups in total. The number of hydrogen-bond donors (Lipinski definition) is 2. The van der Waals surface area contributed by atoms with Crippen LogP contribution < -0.4 is 14.8 Å².